The zero-order valence-corrected chi connectivity index (χ0v) is 19.6. The first-order valence-electron chi connectivity index (χ1n) is 11.7. The maximum Gasteiger partial charge on any atom is 0.316 e. The summed E-state index contributed by atoms with van der Waals surface area (Å²) in [6.07, 6.45) is 3.26. The smallest absolute Gasteiger partial charge is 0.316 e. The minimum atomic E-state index is -0.618. The predicted molar refractivity (Wildman–Crippen MR) is 128 cm³/mol. The number of ether oxygens (including phenoxy) is 2. The Hall–Kier alpha value is -3.94. The zero-order valence-electron chi connectivity index (χ0n) is 19.6. The molecule has 0 aromatic heterocycles. The molecule has 3 atom stereocenters. The largest absolute Gasteiger partial charge is 0.495 e. The number of esters is 1. The number of methoxy groups -OCH3 is 1. The van der Waals surface area contributed by atoms with Gasteiger partial charge < -0.3 is 14.4 Å². The summed E-state index contributed by atoms with van der Waals surface area (Å²) in [7, 11) is 1.53. The van der Waals surface area contributed by atoms with E-state index in [1.54, 1.807) is 42.5 Å². The molecule has 0 saturated carbocycles. The van der Waals surface area contributed by atoms with Crippen LogP contribution in [-0.2, 0) is 19.2 Å². The van der Waals surface area contributed by atoms with Crippen LogP contribution in [0.4, 0.5) is 11.4 Å². The number of rotatable bonds is 5. The molecule has 0 bridgehead atoms. The van der Waals surface area contributed by atoms with Crippen LogP contribution in [-0.4, -0.2) is 37.3 Å². The van der Waals surface area contributed by atoms with Crippen molar-refractivity contribution < 1.29 is 28.7 Å². The van der Waals surface area contributed by atoms with Crippen LogP contribution in [0.3, 0.4) is 0 Å². The summed E-state index contributed by atoms with van der Waals surface area (Å²) in [5.74, 6) is -1.45. The third-order valence-corrected chi connectivity index (χ3v) is 6.97. The van der Waals surface area contributed by atoms with E-state index in [0.29, 0.717) is 30.0 Å². The molecule has 2 aromatic carbocycles. The minimum Gasteiger partial charge on any atom is -0.495 e. The number of para-hydroxylation sites is 2. The summed E-state index contributed by atoms with van der Waals surface area (Å²) < 4.78 is 10.9. The third kappa shape index (κ3) is 4.09. The highest BCUT2D eigenvalue weighted by atomic mass is 16.5. The normalized spacial score (nSPS) is 23.9. The van der Waals surface area contributed by atoms with Crippen molar-refractivity contribution in [1.82, 2.24) is 0 Å². The van der Waals surface area contributed by atoms with E-state index in [-0.39, 0.29) is 48.3 Å². The summed E-state index contributed by atoms with van der Waals surface area (Å²) in [4.78, 5) is 53.9. The fraction of sp³-hybridized carbons (Fsp3) is 0.333. The van der Waals surface area contributed by atoms with Crippen molar-refractivity contribution in [3.8, 4) is 11.5 Å². The van der Waals surface area contributed by atoms with Crippen molar-refractivity contribution in [3.05, 3.63) is 60.2 Å². The van der Waals surface area contributed by atoms with Gasteiger partial charge in [-0.1, -0.05) is 23.8 Å². The molecule has 3 aliphatic rings. The second kappa shape index (κ2) is 9.02. The van der Waals surface area contributed by atoms with Crippen LogP contribution in [0.5, 0.6) is 11.5 Å². The predicted octanol–water partition coefficient (Wildman–Crippen LogP) is 3.50. The summed E-state index contributed by atoms with van der Waals surface area (Å²) in [6, 6.07) is 13.5. The number of nitrogens with zero attached hydrogens (tertiary/aromatic N) is 2. The molecule has 2 aromatic rings. The molecule has 0 N–H and O–H groups in total. The monoisotopic (exact) mass is 474 g/mol. The summed E-state index contributed by atoms with van der Waals surface area (Å²) in [5, 5.41) is 0. The van der Waals surface area contributed by atoms with Crippen molar-refractivity contribution >= 4 is 35.1 Å². The number of fused-ring (bicyclic) bond motifs is 1. The number of carbonyl (C=O) groups is 4. The molecule has 1 aliphatic carbocycles. The van der Waals surface area contributed by atoms with Crippen LogP contribution in [0.1, 0.15) is 26.2 Å². The molecule has 2 saturated heterocycles. The second-order valence-corrected chi connectivity index (χ2v) is 9.21. The number of hydrogen-bond acceptors (Lipinski definition) is 6. The summed E-state index contributed by atoms with van der Waals surface area (Å²) in [6.45, 7) is 2.18. The van der Waals surface area contributed by atoms with Gasteiger partial charge in [-0.15, -0.1) is 0 Å². The molecule has 3 amide bonds. The van der Waals surface area contributed by atoms with E-state index >= 15 is 0 Å². The van der Waals surface area contributed by atoms with Crippen molar-refractivity contribution in [3.63, 3.8) is 0 Å². The Morgan fingerprint density at radius 2 is 1.66 bits per heavy atom. The number of hydrogen-bond donors (Lipinski definition) is 0. The SMILES string of the molecule is COc1ccccc1N1C[C@H](C(=O)Oc2ccc(N3C(=O)[C@H]4CC(C)=CC[C@H]4C3=O)cc2)CC1=O. The quantitative estimate of drug-likeness (QED) is 0.285. The van der Waals surface area contributed by atoms with Crippen molar-refractivity contribution in [2.45, 2.75) is 26.2 Å². The molecule has 2 heterocycles. The minimum absolute atomic E-state index is 0.0436. The van der Waals surface area contributed by atoms with Gasteiger partial charge in [-0.25, -0.2) is 0 Å². The Labute approximate surface area is 203 Å². The molecule has 180 valence electrons. The van der Waals surface area contributed by atoms with Crippen LogP contribution in [0.15, 0.2) is 60.2 Å². The average Bonchev–Trinajstić information content (AvgIpc) is 3.36. The van der Waals surface area contributed by atoms with Gasteiger partial charge in [0.05, 0.1) is 36.2 Å². The number of imide groups is 1. The molecule has 2 fully saturated rings. The summed E-state index contributed by atoms with van der Waals surface area (Å²) >= 11 is 0. The lowest BCUT2D eigenvalue weighted by atomic mass is 9.82. The molecule has 0 spiro atoms. The van der Waals surface area contributed by atoms with Crippen LogP contribution in [0.25, 0.3) is 0 Å². The van der Waals surface area contributed by atoms with Crippen LogP contribution in [0, 0.1) is 17.8 Å². The van der Waals surface area contributed by atoms with Crippen LogP contribution < -0.4 is 19.3 Å². The molecule has 35 heavy (non-hydrogen) atoms. The van der Waals surface area contributed by atoms with Gasteiger partial charge in [-0.3, -0.25) is 24.1 Å². The van der Waals surface area contributed by atoms with Crippen LogP contribution >= 0.6 is 0 Å². The Morgan fingerprint density at radius 1 is 0.943 bits per heavy atom. The Morgan fingerprint density at radius 3 is 2.40 bits per heavy atom. The van der Waals surface area contributed by atoms with Crippen molar-refractivity contribution in [2.24, 2.45) is 17.8 Å². The maximum absolute atomic E-state index is 12.9. The number of allylic oxidation sites excluding steroid dienone is 2. The molecule has 5 rings (SSSR count). The first-order chi connectivity index (χ1) is 16.9. The number of carbonyl (C=O) groups excluding carboxylic acids is 4. The molecule has 8 heteroatoms. The molecule has 0 unspecified atom stereocenters. The van der Waals surface area contributed by atoms with E-state index in [1.807, 2.05) is 19.1 Å². The van der Waals surface area contributed by atoms with Gasteiger partial charge >= 0.3 is 5.97 Å². The average molecular weight is 475 g/mol. The highest BCUT2D eigenvalue weighted by Crippen LogP contribution is 2.40. The Kier molecular flexibility index (Phi) is 5.88. The van der Waals surface area contributed by atoms with Gasteiger partial charge in [-0.2, -0.15) is 0 Å². The van der Waals surface area contributed by atoms with Gasteiger partial charge in [-0.05, 0) is 56.2 Å². The van der Waals surface area contributed by atoms with Crippen LogP contribution in [0.2, 0.25) is 0 Å². The highest BCUT2D eigenvalue weighted by Gasteiger charge is 2.48. The van der Waals surface area contributed by atoms with E-state index in [0.717, 1.165) is 5.57 Å². The van der Waals surface area contributed by atoms with E-state index in [4.69, 9.17) is 9.47 Å². The third-order valence-electron chi connectivity index (χ3n) is 6.97. The fourth-order valence-electron chi connectivity index (χ4n) is 5.11. The van der Waals surface area contributed by atoms with E-state index < -0.39 is 11.9 Å². The van der Waals surface area contributed by atoms with Crippen molar-refractivity contribution in [2.75, 3.05) is 23.5 Å². The van der Waals surface area contributed by atoms with E-state index in [1.165, 1.54) is 16.9 Å². The first kappa shape index (κ1) is 22.8. The first-order valence-corrected chi connectivity index (χ1v) is 11.7. The van der Waals surface area contributed by atoms with E-state index in [9.17, 15) is 19.2 Å². The molecular weight excluding hydrogens is 448 g/mol. The lowest BCUT2D eigenvalue weighted by molar-refractivity contribution is -0.139. The van der Waals surface area contributed by atoms with Crippen molar-refractivity contribution in [1.29, 1.82) is 0 Å². The zero-order chi connectivity index (χ0) is 24.7. The highest BCUT2D eigenvalue weighted by molar-refractivity contribution is 6.22. The van der Waals surface area contributed by atoms with Gasteiger partial charge in [0, 0.05) is 13.0 Å². The number of benzene rings is 2. The van der Waals surface area contributed by atoms with Gasteiger partial charge in [0.1, 0.15) is 11.5 Å². The standard InChI is InChI=1S/C27H26N2O6/c1-16-7-12-20-21(13-16)26(32)29(25(20)31)18-8-10-19(11-9-18)35-27(33)17-14-24(30)28(15-17)22-5-3-4-6-23(22)34-2/h3-11,17,20-21H,12-15H2,1-2H3/t17-,20-,21+/m1/s1. The maximum atomic E-state index is 12.9. The van der Waals surface area contributed by atoms with Gasteiger partial charge in [0.2, 0.25) is 17.7 Å². The molecular formula is C27H26N2O6. The molecule has 0 radical (unpaired) electrons. The molecule has 8 nitrogen and oxygen atoms in total. The number of amides is 3. The van der Waals surface area contributed by atoms with E-state index in [2.05, 4.69) is 0 Å². The Bertz CT molecular complexity index is 1230. The van der Waals surface area contributed by atoms with Gasteiger partial charge in [0.15, 0.2) is 0 Å². The Balaban J connectivity index is 1.25. The lowest BCUT2D eigenvalue weighted by Gasteiger charge is -2.19. The second-order valence-electron chi connectivity index (χ2n) is 9.21. The fourth-order valence-corrected chi connectivity index (χ4v) is 5.11. The lowest BCUT2D eigenvalue weighted by Crippen LogP contribution is -2.30. The molecule has 2 aliphatic heterocycles. The summed E-state index contributed by atoms with van der Waals surface area (Å²) in [5.41, 5.74) is 2.21. The van der Waals surface area contributed by atoms with Gasteiger partial charge in [0.25, 0.3) is 0 Å². The number of anilines is 2. The topological polar surface area (TPSA) is 93.2 Å².